The van der Waals surface area contributed by atoms with E-state index in [4.69, 9.17) is 10.5 Å². The third-order valence-corrected chi connectivity index (χ3v) is 6.43. The Morgan fingerprint density at radius 3 is 2.23 bits per heavy atom. The third kappa shape index (κ3) is 2.85. The van der Waals surface area contributed by atoms with Gasteiger partial charge in [0.25, 0.3) is 5.69 Å². The van der Waals surface area contributed by atoms with Crippen molar-refractivity contribution in [2.24, 2.45) is 23.2 Å². The average molecular weight is 358 g/mol. The van der Waals surface area contributed by atoms with Crippen molar-refractivity contribution in [3.63, 3.8) is 0 Å². The lowest BCUT2D eigenvalue weighted by Gasteiger charge is -2.55. The second kappa shape index (κ2) is 6.07. The van der Waals surface area contributed by atoms with Crippen LogP contribution in [0.15, 0.2) is 18.2 Å². The van der Waals surface area contributed by atoms with E-state index in [0.29, 0.717) is 17.8 Å². The summed E-state index contributed by atoms with van der Waals surface area (Å²) in [5.41, 5.74) is 5.25. The largest absolute Gasteiger partial charge is 0.454 e. The van der Waals surface area contributed by atoms with Crippen molar-refractivity contribution < 1.29 is 19.2 Å². The van der Waals surface area contributed by atoms with E-state index >= 15 is 0 Å². The second-order valence-electron chi connectivity index (χ2n) is 8.23. The Kier molecular flexibility index (Phi) is 3.97. The van der Waals surface area contributed by atoms with Crippen LogP contribution in [0, 0.1) is 33.3 Å². The zero-order valence-electron chi connectivity index (χ0n) is 14.5. The van der Waals surface area contributed by atoms with Crippen LogP contribution in [0.5, 0.6) is 0 Å². The van der Waals surface area contributed by atoms with E-state index in [-0.39, 0.29) is 34.7 Å². The van der Waals surface area contributed by atoms with Crippen LogP contribution >= 0.6 is 0 Å². The molecule has 0 amide bonds. The molecule has 0 heterocycles. The quantitative estimate of drug-likeness (QED) is 0.374. The highest BCUT2D eigenvalue weighted by Crippen LogP contribution is 2.60. The first kappa shape index (κ1) is 17.0. The molecule has 4 bridgehead atoms. The van der Waals surface area contributed by atoms with E-state index in [9.17, 15) is 19.7 Å². The number of Topliss-reactive ketones (excluding diaryl/α,β-unsaturated/α-hetero) is 1. The predicted molar refractivity (Wildman–Crippen MR) is 93.4 cm³/mol. The van der Waals surface area contributed by atoms with Gasteiger partial charge in [0, 0.05) is 17.5 Å². The highest BCUT2D eigenvalue weighted by Gasteiger charge is 2.54. The molecule has 7 heteroatoms. The highest BCUT2D eigenvalue weighted by atomic mass is 16.6. The molecule has 4 aliphatic rings. The van der Waals surface area contributed by atoms with Crippen LogP contribution in [0.1, 0.15) is 48.9 Å². The fraction of sp³-hybridized carbons (Fsp3) is 0.579. The molecule has 4 saturated carbocycles. The number of rotatable bonds is 5. The van der Waals surface area contributed by atoms with E-state index in [2.05, 4.69) is 0 Å². The summed E-state index contributed by atoms with van der Waals surface area (Å²) in [5.74, 6) is 1.24. The van der Waals surface area contributed by atoms with Gasteiger partial charge in [-0.05, 0) is 62.3 Å². The number of non-ortho nitro benzene ring substituents is 1. The zero-order valence-corrected chi connectivity index (χ0v) is 14.5. The van der Waals surface area contributed by atoms with Gasteiger partial charge >= 0.3 is 5.97 Å². The number of carbonyl (C=O) groups is 2. The Hall–Kier alpha value is -2.44. The second-order valence-corrected chi connectivity index (χ2v) is 8.23. The lowest BCUT2D eigenvalue weighted by atomic mass is 9.48. The Balaban J connectivity index is 1.42. The smallest absolute Gasteiger partial charge is 0.340 e. The van der Waals surface area contributed by atoms with Crippen LogP contribution in [-0.2, 0) is 9.53 Å². The maximum Gasteiger partial charge on any atom is 0.340 e. The van der Waals surface area contributed by atoms with Crippen LogP contribution in [0.4, 0.5) is 11.4 Å². The molecule has 0 aliphatic heterocycles. The van der Waals surface area contributed by atoms with E-state index in [0.717, 1.165) is 25.3 Å². The molecule has 4 fully saturated rings. The SMILES string of the molecule is Nc1cc([N+](=O)[O-])ccc1C(=O)OCC(=O)C12CC3CC(CC(C3)C1)C2. The molecule has 0 radical (unpaired) electrons. The van der Waals surface area contributed by atoms with Crippen LogP contribution in [0.25, 0.3) is 0 Å². The lowest BCUT2D eigenvalue weighted by Crippen LogP contribution is -2.51. The van der Waals surface area contributed by atoms with Gasteiger partial charge in [-0.25, -0.2) is 4.79 Å². The summed E-state index contributed by atoms with van der Waals surface area (Å²) in [4.78, 5) is 35.3. The van der Waals surface area contributed by atoms with Crippen molar-refractivity contribution in [1.29, 1.82) is 0 Å². The van der Waals surface area contributed by atoms with Crippen molar-refractivity contribution in [2.45, 2.75) is 38.5 Å². The fourth-order valence-corrected chi connectivity index (χ4v) is 5.66. The van der Waals surface area contributed by atoms with Crippen molar-refractivity contribution in [3.8, 4) is 0 Å². The van der Waals surface area contributed by atoms with Gasteiger partial charge in [-0.2, -0.15) is 0 Å². The van der Waals surface area contributed by atoms with E-state index < -0.39 is 10.9 Å². The van der Waals surface area contributed by atoms with Gasteiger partial charge in [0.15, 0.2) is 12.4 Å². The van der Waals surface area contributed by atoms with Crippen molar-refractivity contribution in [1.82, 2.24) is 0 Å². The highest BCUT2D eigenvalue weighted by molar-refractivity contribution is 5.97. The number of nitrogens with two attached hydrogens (primary N) is 1. The maximum absolute atomic E-state index is 12.9. The van der Waals surface area contributed by atoms with Gasteiger partial charge in [0.05, 0.1) is 16.2 Å². The first-order valence-corrected chi connectivity index (χ1v) is 9.10. The first-order valence-electron chi connectivity index (χ1n) is 9.10. The monoisotopic (exact) mass is 358 g/mol. The molecule has 5 rings (SSSR count). The summed E-state index contributed by atoms with van der Waals surface area (Å²) < 4.78 is 5.22. The van der Waals surface area contributed by atoms with Crippen LogP contribution < -0.4 is 5.73 Å². The van der Waals surface area contributed by atoms with Gasteiger partial charge in [0.2, 0.25) is 0 Å². The summed E-state index contributed by atoms with van der Waals surface area (Å²) in [7, 11) is 0. The third-order valence-electron chi connectivity index (χ3n) is 6.43. The number of carbonyl (C=O) groups excluding carboxylic acids is 2. The molecule has 0 spiro atoms. The minimum Gasteiger partial charge on any atom is -0.454 e. The molecule has 0 saturated heterocycles. The summed E-state index contributed by atoms with van der Waals surface area (Å²) >= 11 is 0. The molecular formula is C19H22N2O5. The number of benzene rings is 1. The molecule has 1 aromatic carbocycles. The summed E-state index contributed by atoms with van der Waals surface area (Å²) in [6.45, 7) is -0.249. The molecule has 26 heavy (non-hydrogen) atoms. The summed E-state index contributed by atoms with van der Waals surface area (Å²) in [6.07, 6.45) is 6.50. The van der Waals surface area contributed by atoms with Crippen molar-refractivity contribution in [3.05, 3.63) is 33.9 Å². The zero-order chi connectivity index (χ0) is 18.5. The molecule has 138 valence electrons. The molecule has 7 nitrogen and oxygen atoms in total. The number of nitro benzene ring substituents is 1. The topological polar surface area (TPSA) is 113 Å². The number of esters is 1. The van der Waals surface area contributed by atoms with Gasteiger partial charge in [-0.3, -0.25) is 14.9 Å². The van der Waals surface area contributed by atoms with Crippen LogP contribution in [0.2, 0.25) is 0 Å². The van der Waals surface area contributed by atoms with Crippen molar-refractivity contribution in [2.75, 3.05) is 12.3 Å². The number of anilines is 1. The number of hydrogen-bond acceptors (Lipinski definition) is 6. The minimum absolute atomic E-state index is 0.0189. The standard InChI is InChI=1S/C19H22N2O5/c20-16-6-14(21(24)25)1-2-15(16)18(23)26-10-17(22)19-7-11-3-12(8-19)5-13(4-11)9-19/h1-2,6,11-13H,3-5,7-10,20H2. The summed E-state index contributed by atoms with van der Waals surface area (Å²) in [5, 5.41) is 10.7. The van der Waals surface area contributed by atoms with Gasteiger partial charge < -0.3 is 10.5 Å². The molecule has 0 aromatic heterocycles. The molecule has 1 aromatic rings. The Labute approximate surface area is 151 Å². The number of nitrogen functional groups attached to an aromatic ring is 1. The van der Waals surface area contributed by atoms with Gasteiger partial charge in [0.1, 0.15) is 0 Å². The van der Waals surface area contributed by atoms with E-state index in [1.165, 1.54) is 31.4 Å². The number of hydrogen-bond donors (Lipinski definition) is 1. The average Bonchev–Trinajstić information content (AvgIpc) is 2.58. The number of ketones is 1. The number of ether oxygens (including phenoxy) is 1. The lowest BCUT2D eigenvalue weighted by molar-refractivity contribution is -0.384. The van der Waals surface area contributed by atoms with E-state index in [1.807, 2.05) is 0 Å². The molecular weight excluding hydrogens is 336 g/mol. The minimum atomic E-state index is -0.713. The first-order chi connectivity index (χ1) is 12.4. The molecule has 0 atom stereocenters. The normalized spacial score (nSPS) is 31.6. The fourth-order valence-electron chi connectivity index (χ4n) is 5.66. The molecule has 0 unspecified atom stereocenters. The number of nitrogens with zero attached hydrogens (tertiary/aromatic N) is 1. The molecule has 4 aliphatic carbocycles. The van der Waals surface area contributed by atoms with E-state index in [1.54, 1.807) is 0 Å². The van der Waals surface area contributed by atoms with Crippen LogP contribution in [-0.4, -0.2) is 23.3 Å². The Morgan fingerprint density at radius 2 is 1.73 bits per heavy atom. The van der Waals surface area contributed by atoms with Gasteiger partial charge in [-0.1, -0.05) is 0 Å². The summed E-state index contributed by atoms with van der Waals surface area (Å²) in [6, 6.07) is 3.59. The molecule has 2 N–H and O–H groups in total. The van der Waals surface area contributed by atoms with Crippen molar-refractivity contribution >= 4 is 23.1 Å². The van der Waals surface area contributed by atoms with Gasteiger partial charge in [-0.15, -0.1) is 0 Å². The maximum atomic E-state index is 12.9. The Bertz CT molecular complexity index is 753. The van der Waals surface area contributed by atoms with Crippen LogP contribution in [0.3, 0.4) is 0 Å². The number of nitro groups is 1. The predicted octanol–water partition coefficient (Wildman–Crippen LogP) is 3.12. The Morgan fingerprint density at radius 1 is 1.15 bits per heavy atom.